The maximum atomic E-state index is 13.3. The third-order valence-electron chi connectivity index (χ3n) is 8.83. The van der Waals surface area contributed by atoms with Crippen molar-refractivity contribution in [2.75, 3.05) is 56.8 Å². The molecule has 2 aliphatic rings. The van der Waals surface area contributed by atoms with Crippen LogP contribution >= 0.6 is 7.14 Å². The lowest BCUT2D eigenvalue weighted by atomic mass is 9.71. The second kappa shape index (κ2) is 11.2. The van der Waals surface area contributed by atoms with Crippen molar-refractivity contribution in [3.8, 4) is 5.82 Å². The van der Waals surface area contributed by atoms with Crippen LogP contribution in [0.4, 0.5) is 17.3 Å². The molecule has 1 aromatic carbocycles. The van der Waals surface area contributed by atoms with E-state index in [4.69, 9.17) is 4.98 Å². The number of rotatable bonds is 7. The van der Waals surface area contributed by atoms with Crippen molar-refractivity contribution in [1.29, 1.82) is 0 Å². The monoisotopic (exact) mass is 586 g/mol. The Labute approximate surface area is 246 Å². The maximum Gasteiger partial charge on any atom is 0.278 e. The number of likely N-dealkylation sites (tertiary alicyclic amines) is 1. The van der Waals surface area contributed by atoms with Crippen molar-refractivity contribution in [3.05, 3.63) is 71.7 Å². The van der Waals surface area contributed by atoms with Crippen molar-refractivity contribution >= 4 is 40.9 Å². The molecule has 2 fully saturated rings. The van der Waals surface area contributed by atoms with Crippen LogP contribution in [0.25, 0.3) is 16.9 Å². The molecule has 1 spiro atoms. The lowest BCUT2D eigenvalue weighted by molar-refractivity contribution is 0.0945. The summed E-state index contributed by atoms with van der Waals surface area (Å²) in [6.45, 7) is 12.0. The highest BCUT2D eigenvalue weighted by molar-refractivity contribution is 7.69. The third kappa shape index (κ3) is 5.53. The highest BCUT2D eigenvalue weighted by Gasteiger charge is 2.36. The highest BCUT2D eigenvalue weighted by Crippen LogP contribution is 2.42. The number of hydrogen-bond acceptors (Lipinski definition) is 8. The molecule has 0 saturated carbocycles. The van der Waals surface area contributed by atoms with E-state index in [0.717, 1.165) is 18.8 Å². The molecule has 3 aromatic heterocycles. The van der Waals surface area contributed by atoms with Crippen LogP contribution in [0.2, 0.25) is 0 Å². The van der Waals surface area contributed by atoms with Crippen molar-refractivity contribution in [2.24, 2.45) is 5.41 Å². The summed E-state index contributed by atoms with van der Waals surface area (Å²) in [6, 6.07) is 13.7. The van der Waals surface area contributed by atoms with Gasteiger partial charge in [-0.3, -0.25) is 4.79 Å². The molecule has 0 bridgehead atoms. The topological polar surface area (TPSA) is 101 Å². The van der Waals surface area contributed by atoms with Crippen LogP contribution in [0, 0.1) is 5.41 Å². The fourth-order valence-electron chi connectivity index (χ4n) is 6.16. The number of benzene rings is 1. The minimum Gasteiger partial charge on any atom is -0.371 e. The van der Waals surface area contributed by atoms with Crippen LogP contribution in [-0.4, -0.2) is 75.8 Å². The predicted molar refractivity (Wildman–Crippen MR) is 171 cm³/mol. The summed E-state index contributed by atoms with van der Waals surface area (Å²) < 4.78 is 15.9. The Bertz CT molecular complexity index is 1700. The second-order valence-corrected chi connectivity index (χ2v) is 15.2. The number of nitrogens with one attached hydrogen (secondary N) is 1. The SMILES string of the molecule is C=CCn1c(=O)c2cnc(Nc3ccc(N4CCC5(CCN(C)CC5)CC4)cc3)nc2n1-c1cccc(P(C)(C)=O)n1. The molecule has 2 aliphatic heterocycles. The summed E-state index contributed by atoms with van der Waals surface area (Å²) in [7, 11) is -0.385. The molecule has 0 unspecified atom stereocenters. The van der Waals surface area contributed by atoms with E-state index in [-0.39, 0.29) is 12.1 Å². The van der Waals surface area contributed by atoms with Gasteiger partial charge in [0.2, 0.25) is 5.95 Å². The van der Waals surface area contributed by atoms with Crippen molar-refractivity contribution in [2.45, 2.75) is 32.2 Å². The standard InChI is InChI=1S/C31H39N8O2P/c1-5-17-38-29(40)25-22-32-30(35-28(25)39(38)26-7-6-8-27(34-26)42(3,4)41)33-23-9-11-24(12-10-23)37-20-15-31(16-21-37)13-18-36(2)19-14-31/h5-12,22H,1,13-21H2,2-4H3,(H,32,33,35). The summed E-state index contributed by atoms with van der Waals surface area (Å²) in [5, 5.41) is 3.67. The second-order valence-electron chi connectivity index (χ2n) is 12.1. The highest BCUT2D eigenvalue weighted by atomic mass is 31.2. The Hall–Kier alpha value is -3.75. The van der Waals surface area contributed by atoms with E-state index < -0.39 is 7.14 Å². The summed E-state index contributed by atoms with van der Waals surface area (Å²) in [5.74, 6) is 0.831. The molecule has 1 N–H and O–H groups in total. The van der Waals surface area contributed by atoms with Gasteiger partial charge in [-0.2, -0.15) is 4.98 Å². The zero-order chi connectivity index (χ0) is 29.5. The zero-order valence-corrected chi connectivity index (χ0v) is 25.6. The number of piperidine rings is 2. The Kier molecular flexibility index (Phi) is 7.53. The van der Waals surface area contributed by atoms with Gasteiger partial charge in [-0.25, -0.2) is 19.3 Å². The van der Waals surface area contributed by atoms with Gasteiger partial charge in [0.1, 0.15) is 18.0 Å². The zero-order valence-electron chi connectivity index (χ0n) is 24.7. The number of aromatic nitrogens is 5. The van der Waals surface area contributed by atoms with E-state index in [9.17, 15) is 9.36 Å². The predicted octanol–water partition coefficient (Wildman–Crippen LogP) is 4.47. The van der Waals surface area contributed by atoms with Gasteiger partial charge in [0.25, 0.3) is 5.56 Å². The quantitative estimate of drug-likeness (QED) is 0.250. The van der Waals surface area contributed by atoms with Gasteiger partial charge in [-0.05, 0) is 101 Å². The number of anilines is 3. The van der Waals surface area contributed by atoms with Crippen molar-refractivity contribution in [1.82, 2.24) is 29.2 Å². The summed E-state index contributed by atoms with van der Waals surface area (Å²) in [4.78, 5) is 32.0. The first kappa shape index (κ1) is 28.4. The van der Waals surface area contributed by atoms with Crippen molar-refractivity contribution < 1.29 is 4.57 Å². The Balaban J connectivity index is 1.24. The molecule has 0 amide bonds. The van der Waals surface area contributed by atoms with Crippen LogP contribution in [-0.2, 0) is 11.1 Å². The summed E-state index contributed by atoms with van der Waals surface area (Å²) in [6.07, 6.45) is 8.33. The molecule has 0 radical (unpaired) electrons. The number of pyridine rings is 1. The summed E-state index contributed by atoms with van der Waals surface area (Å²) >= 11 is 0. The van der Waals surface area contributed by atoms with Crippen LogP contribution < -0.4 is 21.2 Å². The largest absolute Gasteiger partial charge is 0.371 e. The lowest BCUT2D eigenvalue weighted by Gasteiger charge is -2.46. The number of hydrogen-bond donors (Lipinski definition) is 1. The minimum absolute atomic E-state index is 0.243. The van der Waals surface area contributed by atoms with E-state index in [1.807, 2.05) is 12.1 Å². The number of nitrogens with zero attached hydrogens (tertiary/aromatic N) is 7. The number of allylic oxidation sites excluding steroid dienone is 1. The van der Waals surface area contributed by atoms with Gasteiger partial charge >= 0.3 is 0 Å². The Morgan fingerprint density at radius 2 is 1.69 bits per heavy atom. The molecule has 2 saturated heterocycles. The van der Waals surface area contributed by atoms with E-state index >= 15 is 0 Å². The molecule has 0 atom stereocenters. The molecule has 42 heavy (non-hydrogen) atoms. The van der Waals surface area contributed by atoms with E-state index in [0.29, 0.717) is 33.6 Å². The lowest BCUT2D eigenvalue weighted by Crippen LogP contribution is -2.46. The Morgan fingerprint density at radius 1 is 1.00 bits per heavy atom. The molecule has 220 valence electrons. The van der Waals surface area contributed by atoms with Crippen LogP contribution in [0.5, 0.6) is 0 Å². The molecule has 0 aliphatic carbocycles. The molecule has 10 nitrogen and oxygen atoms in total. The normalized spacial score (nSPS) is 17.5. The van der Waals surface area contributed by atoms with Crippen LogP contribution in [0.15, 0.2) is 66.1 Å². The summed E-state index contributed by atoms with van der Waals surface area (Å²) in [5.41, 5.74) is 3.27. The maximum absolute atomic E-state index is 13.3. The smallest absolute Gasteiger partial charge is 0.278 e. The van der Waals surface area contributed by atoms with Gasteiger partial charge < -0.3 is 19.7 Å². The first-order chi connectivity index (χ1) is 20.2. The molecule has 4 aromatic rings. The fraction of sp³-hybridized carbons (Fsp3) is 0.419. The Morgan fingerprint density at radius 3 is 2.36 bits per heavy atom. The number of fused-ring (bicyclic) bond motifs is 1. The molecule has 6 rings (SSSR count). The fourth-order valence-corrected chi connectivity index (χ4v) is 6.94. The first-order valence-electron chi connectivity index (χ1n) is 14.6. The first-order valence-corrected chi connectivity index (χ1v) is 17.2. The van der Waals surface area contributed by atoms with E-state index in [1.54, 1.807) is 48.5 Å². The van der Waals surface area contributed by atoms with Gasteiger partial charge in [-0.15, -0.1) is 6.58 Å². The van der Waals surface area contributed by atoms with Gasteiger partial charge in [0.05, 0.1) is 6.54 Å². The third-order valence-corrected chi connectivity index (χ3v) is 10.2. The molecule has 11 heteroatoms. The van der Waals surface area contributed by atoms with Gasteiger partial charge in [0, 0.05) is 30.7 Å². The van der Waals surface area contributed by atoms with Gasteiger partial charge in [-0.1, -0.05) is 12.1 Å². The van der Waals surface area contributed by atoms with Gasteiger partial charge in [0.15, 0.2) is 11.5 Å². The average Bonchev–Trinajstić information content (AvgIpc) is 3.26. The van der Waals surface area contributed by atoms with Crippen LogP contribution in [0.3, 0.4) is 0 Å². The minimum atomic E-state index is -2.61. The average molecular weight is 587 g/mol. The molecular weight excluding hydrogens is 547 g/mol. The molecule has 5 heterocycles. The molecular formula is C31H39N8O2P. The van der Waals surface area contributed by atoms with E-state index in [2.05, 4.69) is 50.8 Å². The van der Waals surface area contributed by atoms with E-state index in [1.165, 1.54) is 49.1 Å². The van der Waals surface area contributed by atoms with Crippen molar-refractivity contribution in [3.63, 3.8) is 0 Å². The van der Waals surface area contributed by atoms with Crippen LogP contribution in [0.1, 0.15) is 25.7 Å².